The first-order valence-electron chi connectivity index (χ1n) is 6.90. The van der Waals surface area contributed by atoms with Crippen LogP contribution in [0.3, 0.4) is 0 Å². The van der Waals surface area contributed by atoms with E-state index in [1.54, 1.807) is 6.20 Å². The number of hydrogen-bond donors (Lipinski definition) is 2. The van der Waals surface area contributed by atoms with E-state index in [1.807, 2.05) is 26.0 Å². The van der Waals surface area contributed by atoms with E-state index in [0.29, 0.717) is 5.82 Å². The van der Waals surface area contributed by atoms with E-state index in [0.717, 1.165) is 18.5 Å². The van der Waals surface area contributed by atoms with Crippen molar-refractivity contribution >= 4 is 17.4 Å². The molecule has 4 nitrogen and oxygen atoms in total. The lowest BCUT2D eigenvalue weighted by atomic mass is 10.0. The summed E-state index contributed by atoms with van der Waals surface area (Å²) in [4.78, 5) is 16.2. The third kappa shape index (κ3) is 5.28. The Morgan fingerprint density at radius 2 is 1.89 bits per heavy atom. The Morgan fingerprint density at radius 1 is 1.26 bits per heavy atom. The van der Waals surface area contributed by atoms with Gasteiger partial charge in [0, 0.05) is 11.5 Å². The molecule has 0 saturated heterocycles. The van der Waals surface area contributed by atoms with Crippen molar-refractivity contribution in [2.75, 3.05) is 10.6 Å². The molecule has 0 saturated carbocycles. The van der Waals surface area contributed by atoms with E-state index < -0.39 is 0 Å². The van der Waals surface area contributed by atoms with Gasteiger partial charge in [0.15, 0.2) is 0 Å². The van der Waals surface area contributed by atoms with Gasteiger partial charge in [-0.2, -0.15) is 0 Å². The van der Waals surface area contributed by atoms with Crippen LogP contribution in [0.5, 0.6) is 0 Å². The molecule has 19 heavy (non-hydrogen) atoms. The lowest BCUT2D eigenvalue weighted by Crippen LogP contribution is -2.26. The monoisotopic (exact) mass is 263 g/mol. The molecule has 4 heteroatoms. The fourth-order valence-electron chi connectivity index (χ4n) is 1.86. The second-order valence-electron chi connectivity index (χ2n) is 5.81. The van der Waals surface area contributed by atoms with Gasteiger partial charge >= 0.3 is 0 Å². The first kappa shape index (κ1) is 15.5. The van der Waals surface area contributed by atoms with Crippen LogP contribution in [0.25, 0.3) is 0 Å². The highest BCUT2D eigenvalue weighted by Crippen LogP contribution is 2.16. The van der Waals surface area contributed by atoms with Crippen molar-refractivity contribution in [1.29, 1.82) is 0 Å². The van der Waals surface area contributed by atoms with Gasteiger partial charge in [-0.05, 0) is 45.7 Å². The summed E-state index contributed by atoms with van der Waals surface area (Å²) in [5.41, 5.74) is 0.954. The summed E-state index contributed by atoms with van der Waals surface area (Å²) >= 11 is 0. The molecule has 2 N–H and O–H groups in total. The molecule has 0 fully saturated rings. The van der Waals surface area contributed by atoms with Crippen LogP contribution in [0.15, 0.2) is 18.3 Å². The maximum atomic E-state index is 11.9. The second-order valence-corrected chi connectivity index (χ2v) is 5.81. The molecule has 0 aliphatic heterocycles. The van der Waals surface area contributed by atoms with E-state index in [9.17, 15) is 4.79 Å². The zero-order valence-corrected chi connectivity index (χ0v) is 12.6. The van der Waals surface area contributed by atoms with Crippen molar-refractivity contribution in [2.45, 2.75) is 53.0 Å². The average molecular weight is 263 g/mol. The Bertz CT molecular complexity index is 402. The molecule has 0 aromatic carbocycles. The summed E-state index contributed by atoms with van der Waals surface area (Å²) < 4.78 is 0. The highest BCUT2D eigenvalue weighted by atomic mass is 16.1. The third-order valence-electron chi connectivity index (χ3n) is 2.89. The minimum Gasteiger partial charge on any atom is -0.379 e. The Labute approximate surface area is 116 Å². The minimum atomic E-state index is 0.00195. The van der Waals surface area contributed by atoms with Gasteiger partial charge in [0.05, 0.1) is 11.9 Å². The molecule has 0 atom stereocenters. The molecule has 0 spiro atoms. The van der Waals surface area contributed by atoms with Crippen molar-refractivity contribution in [3.8, 4) is 0 Å². The topological polar surface area (TPSA) is 54.0 Å². The van der Waals surface area contributed by atoms with E-state index in [2.05, 4.69) is 36.4 Å². The smallest absolute Gasteiger partial charge is 0.228 e. The molecule has 1 aromatic rings. The number of carbonyl (C=O) groups is 1. The SMILES string of the molecule is CCC(CC)C(=O)Nc1ccc(NC(C)(C)C)cn1. The van der Waals surface area contributed by atoms with Gasteiger partial charge in [0.25, 0.3) is 0 Å². The number of anilines is 2. The normalized spacial score (nSPS) is 11.5. The largest absolute Gasteiger partial charge is 0.379 e. The van der Waals surface area contributed by atoms with Gasteiger partial charge in [-0.15, -0.1) is 0 Å². The van der Waals surface area contributed by atoms with Crippen LogP contribution in [0.4, 0.5) is 11.5 Å². The lowest BCUT2D eigenvalue weighted by Gasteiger charge is -2.22. The Morgan fingerprint density at radius 3 is 2.32 bits per heavy atom. The molecule has 1 heterocycles. The van der Waals surface area contributed by atoms with E-state index in [1.165, 1.54) is 0 Å². The number of carbonyl (C=O) groups excluding carboxylic acids is 1. The van der Waals surface area contributed by atoms with Crippen molar-refractivity contribution in [1.82, 2.24) is 4.98 Å². The number of nitrogens with one attached hydrogen (secondary N) is 2. The van der Waals surface area contributed by atoms with Gasteiger partial charge in [-0.25, -0.2) is 4.98 Å². The van der Waals surface area contributed by atoms with E-state index in [4.69, 9.17) is 0 Å². The van der Waals surface area contributed by atoms with Gasteiger partial charge in [0.2, 0.25) is 5.91 Å². The first-order chi connectivity index (χ1) is 8.85. The van der Waals surface area contributed by atoms with Crippen LogP contribution in [0, 0.1) is 5.92 Å². The third-order valence-corrected chi connectivity index (χ3v) is 2.89. The van der Waals surface area contributed by atoms with Crippen LogP contribution in [0.1, 0.15) is 47.5 Å². The predicted molar refractivity (Wildman–Crippen MR) is 80.3 cm³/mol. The van der Waals surface area contributed by atoms with Gasteiger partial charge in [0.1, 0.15) is 5.82 Å². The van der Waals surface area contributed by atoms with E-state index in [-0.39, 0.29) is 17.4 Å². The van der Waals surface area contributed by atoms with Crippen molar-refractivity contribution in [3.05, 3.63) is 18.3 Å². The lowest BCUT2D eigenvalue weighted by molar-refractivity contribution is -0.120. The summed E-state index contributed by atoms with van der Waals surface area (Å²) in [7, 11) is 0. The zero-order valence-electron chi connectivity index (χ0n) is 12.6. The number of pyridine rings is 1. The summed E-state index contributed by atoms with van der Waals surface area (Å²) in [5, 5.41) is 6.19. The molecule has 0 aliphatic carbocycles. The summed E-state index contributed by atoms with van der Waals surface area (Å²) in [6.07, 6.45) is 3.45. The molecule has 0 unspecified atom stereocenters. The van der Waals surface area contributed by atoms with Crippen molar-refractivity contribution in [2.24, 2.45) is 5.92 Å². The van der Waals surface area contributed by atoms with Crippen molar-refractivity contribution < 1.29 is 4.79 Å². The van der Waals surface area contributed by atoms with Crippen LogP contribution in [-0.2, 0) is 4.79 Å². The molecule has 106 valence electrons. The Hall–Kier alpha value is -1.58. The van der Waals surface area contributed by atoms with Crippen LogP contribution in [-0.4, -0.2) is 16.4 Å². The number of hydrogen-bond acceptors (Lipinski definition) is 3. The summed E-state index contributed by atoms with van der Waals surface area (Å²) in [6.45, 7) is 10.3. The van der Waals surface area contributed by atoms with Crippen LogP contribution < -0.4 is 10.6 Å². The maximum Gasteiger partial charge on any atom is 0.228 e. The number of rotatable bonds is 5. The second kappa shape index (κ2) is 6.55. The molecular formula is C15H25N3O. The van der Waals surface area contributed by atoms with Crippen LogP contribution in [0.2, 0.25) is 0 Å². The van der Waals surface area contributed by atoms with Crippen molar-refractivity contribution in [3.63, 3.8) is 0 Å². The van der Waals surface area contributed by atoms with Gasteiger partial charge in [-0.1, -0.05) is 13.8 Å². The molecule has 0 bridgehead atoms. The van der Waals surface area contributed by atoms with Gasteiger partial charge < -0.3 is 10.6 Å². The number of amides is 1. The van der Waals surface area contributed by atoms with Crippen LogP contribution >= 0.6 is 0 Å². The standard InChI is InChI=1S/C15H25N3O/c1-6-11(7-2)14(19)17-13-9-8-12(10-16-13)18-15(3,4)5/h8-11,18H,6-7H2,1-5H3,(H,16,17,19). The van der Waals surface area contributed by atoms with Gasteiger partial charge in [-0.3, -0.25) is 4.79 Å². The first-order valence-corrected chi connectivity index (χ1v) is 6.90. The average Bonchev–Trinajstić information content (AvgIpc) is 2.31. The highest BCUT2D eigenvalue weighted by molar-refractivity contribution is 5.91. The highest BCUT2D eigenvalue weighted by Gasteiger charge is 2.14. The van der Waals surface area contributed by atoms with E-state index >= 15 is 0 Å². The summed E-state index contributed by atoms with van der Waals surface area (Å²) in [5.74, 6) is 0.722. The molecule has 1 aromatic heterocycles. The Kier molecular flexibility index (Phi) is 5.33. The minimum absolute atomic E-state index is 0.00195. The summed E-state index contributed by atoms with van der Waals surface area (Å²) in [6, 6.07) is 3.76. The number of nitrogens with zero attached hydrogens (tertiary/aromatic N) is 1. The molecule has 0 aliphatic rings. The molecule has 0 radical (unpaired) electrons. The molecule has 1 amide bonds. The zero-order chi connectivity index (χ0) is 14.5. The fourth-order valence-corrected chi connectivity index (χ4v) is 1.86. The molecule has 1 rings (SSSR count). The molecular weight excluding hydrogens is 238 g/mol. The quantitative estimate of drug-likeness (QED) is 0.852. The Balaban J connectivity index is 2.64. The fraction of sp³-hybridized carbons (Fsp3) is 0.600. The number of aromatic nitrogens is 1. The predicted octanol–water partition coefficient (Wildman–Crippen LogP) is 3.67. The maximum absolute atomic E-state index is 11.9.